The number of hydrogen-bond acceptors (Lipinski definition) is 1. The van der Waals surface area contributed by atoms with Gasteiger partial charge < -0.3 is 4.90 Å². The van der Waals surface area contributed by atoms with Crippen LogP contribution in [-0.2, 0) is 11.2 Å². The van der Waals surface area contributed by atoms with Gasteiger partial charge >= 0.3 is 0 Å². The fourth-order valence-corrected chi connectivity index (χ4v) is 1.74. The van der Waals surface area contributed by atoms with Crippen molar-refractivity contribution in [3.05, 3.63) is 34.9 Å². The molecule has 1 aromatic carbocycles. The summed E-state index contributed by atoms with van der Waals surface area (Å²) in [6.07, 6.45) is 1.40. The average molecular weight is 319 g/mol. The molecule has 4 heteroatoms. The van der Waals surface area contributed by atoms with Gasteiger partial charge in [-0.1, -0.05) is 46.6 Å². The topological polar surface area (TPSA) is 20.3 Å². The fourth-order valence-electron chi connectivity index (χ4n) is 1.41. The maximum Gasteiger partial charge on any atom is 0.226 e. The van der Waals surface area contributed by atoms with Crippen LogP contribution in [0.25, 0.3) is 0 Å². The Morgan fingerprint density at radius 1 is 1.41 bits per heavy atom. The summed E-state index contributed by atoms with van der Waals surface area (Å²) in [7, 11) is 1.84. The van der Waals surface area contributed by atoms with E-state index in [2.05, 4.69) is 22.9 Å². The Hall–Kier alpha value is -0.540. The minimum atomic E-state index is 0.139. The molecule has 0 N–H and O–H groups in total. The van der Waals surface area contributed by atoms with Crippen molar-refractivity contribution in [1.82, 2.24) is 4.90 Å². The number of carbonyl (C=O) groups excluding carboxylic acids is 1. The van der Waals surface area contributed by atoms with Gasteiger partial charge in [-0.2, -0.15) is 0 Å². The molecule has 0 spiro atoms. The van der Waals surface area contributed by atoms with Gasteiger partial charge in [0.1, 0.15) is 0 Å². The van der Waals surface area contributed by atoms with Gasteiger partial charge in [0.05, 0.1) is 6.42 Å². The largest absolute Gasteiger partial charge is 0.345 e. The van der Waals surface area contributed by atoms with Gasteiger partial charge in [0.25, 0.3) is 0 Å². The lowest BCUT2D eigenvalue weighted by molar-refractivity contribution is -0.129. The SMILES string of the molecule is CC(Br)CCN(C)C(=O)Cc1ccc(Cl)cc1. The zero-order valence-electron chi connectivity index (χ0n) is 10.1. The van der Waals surface area contributed by atoms with E-state index in [1.165, 1.54) is 0 Å². The first kappa shape index (κ1) is 14.5. The predicted octanol–water partition coefficient (Wildman–Crippen LogP) is 3.51. The van der Waals surface area contributed by atoms with Crippen molar-refractivity contribution >= 4 is 33.4 Å². The Kier molecular flexibility index (Phi) is 6.00. The standard InChI is InChI=1S/C13H17BrClNO/c1-10(14)7-8-16(2)13(17)9-11-3-5-12(15)6-4-11/h3-6,10H,7-9H2,1-2H3. The van der Waals surface area contributed by atoms with E-state index in [-0.39, 0.29) is 5.91 Å². The van der Waals surface area contributed by atoms with Gasteiger partial charge in [-0.25, -0.2) is 0 Å². The minimum absolute atomic E-state index is 0.139. The first-order valence-electron chi connectivity index (χ1n) is 5.61. The van der Waals surface area contributed by atoms with E-state index in [9.17, 15) is 4.79 Å². The van der Waals surface area contributed by atoms with Gasteiger partial charge in [-0.3, -0.25) is 4.79 Å². The second-order valence-electron chi connectivity index (χ2n) is 4.19. The van der Waals surface area contributed by atoms with E-state index in [4.69, 9.17) is 11.6 Å². The maximum atomic E-state index is 11.9. The smallest absolute Gasteiger partial charge is 0.226 e. The van der Waals surface area contributed by atoms with Crippen LogP contribution in [0.15, 0.2) is 24.3 Å². The number of carbonyl (C=O) groups is 1. The number of amides is 1. The van der Waals surface area contributed by atoms with E-state index in [0.29, 0.717) is 16.3 Å². The minimum Gasteiger partial charge on any atom is -0.345 e. The van der Waals surface area contributed by atoms with E-state index in [0.717, 1.165) is 18.5 Å². The van der Waals surface area contributed by atoms with Crippen LogP contribution >= 0.6 is 27.5 Å². The number of likely N-dealkylation sites (N-methyl/N-ethyl adjacent to an activating group) is 1. The van der Waals surface area contributed by atoms with Crippen molar-refractivity contribution in [2.75, 3.05) is 13.6 Å². The molecule has 0 aliphatic rings. The van der Waals surface area contributed by atoms with Crippen LogP contribution in [0.5, 0.6) is 0 Å². The summed E-state index contributed by atoms with van der Waals surface area (Å²) in [4.78, 5) is 14.1. The van der Waals surface area contributed by atoms with Gasteiger partial charge in [0.15, 0.2) is 0 Å². The molecule has 1 amide bonds. The van der Waals surface area contributed by atoms with E-state index in [1.54, 1.807) is 4.90 Å². The lowest BCUT2D eigenvalue weighted by atomic mass is 10.1. The second kappa shape index (κ2) is 7.02. The Morgan fingerprint density at radius 2 is 2.00 bits per heavy atom. The molecule has 0 aliphatic heterocycles. The maximum absolute atomic E-state index is 11.9. The third kappa shape index (κ3) is 5.55. The molecule has 1 unspecified atom stereocenters. The van der Waals surface area contributed by atoms with Crippen LogP contribution in [-0.4, -0.2) is 29.2 Å². The lowest BCUT2D eigenvalue weighted by Crippen LogP contribution is -2.30. The molecule has 0 radical (unpaired) electrons. The predicted molar refractivity (Wildman–Crippen MR) is 75.8 cm³/mol. The summed E-state index contributed by atoms with van der Waals surface area (Å²) in [6, 6.07) is 7.40. The van der Waals surface area contributed by atoms with Gasteiger partial charge in [0, 0.05) is 23.4 Å². The molecule has 0 aliphatic carbocycles. The van der Waals surface area contributed by atoms with Crippen LogP contribution < -0.4 is 0 Å². The number of alkyl halides is 1. The fraction of sp³-hybridized carbons (Fsp3) is 0.462. The van der Waals surface area contributed by atoms with Crippen molar-refractivity contribution < 1.29 is 4.79 Å². The Morgan fingerprint density at radius 3 is 2.53 bits per heavy atom. The Bertz CT molecular complexity index is 364. The molecule has 17 heavy (non-hydrogen) atoms. The number of benzene rings is 1. The van der Waals surface area contributed by atoms with E-state index < -0.39 is 0 Å². The molecule has 0 saturated heterocycles. The highest BCUT2D eigenvalue weighted by molar-refractivity contribution is 9.09. The molecule has 0 heterocycles. The average Bonchev–Trinajstić information content (AvgIpc) is 2.28. The van der Waals surface area contributed by atoms with Crippen molar-refractivity contribution in [1.29, 1.82) is 0 Å². The van der Waals surface area contributed by atoms with Crippen LogP contribution in [0.1, 0.15) is 18.9 Å². The van der Waals surface area contributed by atoms with Gasteiger partial charge in [-0.15, -0.1) is 0 Å². The first-order chi connectivity index (χ1) is 7.99. The summed E-state index contributed by atoms with van der Waals surface area (Å²) >= 11 is 9.27. The van der Waals surface area contributed by atoms with Crippen molar-refractivity contribution in [2.45, 2.75) is 24.6 Å². The number of nitrogens with zero attached hydrogens (tertiary/aromatic N) is 1. The molecule has 94 valence electrons. The highest BCUT2D eigenvalue weighted by Crippen LogP contribution is 2.11. The molecular formula is C13H17BrClNO. The third-order valence-corrected chi connectivity index (χ3v) is 3.27. The lowest BCUT2D eigenvalue weighted by Gasteiger charge is -2.17. The highest BCUT2D eigenvalue weighted by Gasteiger charge is 2.10. The summed E-state index contributed by atoms with van der Waals surface area (Å²) in [5, 5.41) is 0.697. The summed E-state index contributed by atoms with van der Waals surface area (Å²) in [6.45, 7) is 2.86. The van der Waals surface area contributed by atoms with Crippen molar-refractivity contribution in [3.8, 4) is 0 Å². The quantitative estimate of drug-likeness (QED) is 0.761. The number of rotatable bonds is 5. The summed E-state index contributed by atoms with van der Waals surface area (Å²) in [5.41, 5.74) is 0.998. The zero-order chi connectivity index (χ0) is 12.8. The molecule has 0 bridgehead atoms. The normalized spacial score (nSPS) is 12.2. The molecule has 0 aromatic heterocycles. The van der Waals surface area contributed by atoms with E-state index >= 15 is 0 Å². The van der Waals surface area contributed by atoms with Crippen LogP contribution in [0.3, 0.4) is 0 Å². The molecule has 0 fully saturated rings. The third-order valence-electron chi connectivity index (χ3n) is 2.56. The van der Waals surface area contributed by atoms with Crippen LogP contribution in [0.4, 0.5) is 0 Å². The molecule has 1 rings (SSSR count). The zero-order valence-corrected chi connectivity index (χ0v) is 12.5. The summed E-state index contributed by atoms with van der Waals surface area (Å²) in [5.74, 6) is 0.139. The summed E-state index contributed by atoms with van der Waals surface area (Å²) < 4.78 is 0. The monoisotopic (exact) mass is 317 g/mol. The Labute approximate surface area is 116 Å². The van der Waals surface area contributed by atoms with Crippen LogP contribution in [0.2, 0.25) is 5.02 Å². The van der Waals surface area contributed by atoms with Gasteiger partial charge in [0.2, 0.25) is 5.91 Å². The molecular weight excluding hydrogens is 302 g/mol. The molecule has 0 saturated carbocycles. The van der Waals surface area contributed by atoms with E-state index in [1.807, 2.05) is 31.3 Å². The van der Waals surface area contributed by atoms with Crippen molar-refractivity contribution in [2.24, 2.45) is 0 Å². The highest BCUT2D eigenvalue weighted by atomic mass is 79.9. The Balaban J connectivity index is 2.45. The number of halogens is 2. The van der Waals surface area contributed by atoms with Crippen molar-refractivity contribution in [3.63, 3.8) is 0 Å². The second-order valence-corrected chi connectivity index (χ2v) is 6.19. The molecule has 2 nitrogen and oxygen atoms in total. The van der Waals surface area contributed by atoms with Crippen LogP contribution in [0, 0.1) is 0 Å². The molecule has 1 atom stereocenters. The molecule has 1 aromatic rings. The number of hydrogen-bond donors (Lipinski definition) is 0. The first-order valence-corrected chi connectivity index (χ1v) is 6.91. The van der Waals surface area contributed by atoms with Gasteiger partial charge in [-0.05, 0) is 24.1 Å².